The molecule has 19 heavy (non-hydrogen) atoms. The van der Waals surface area contributed by atoms with Crippen molar-refractivity contribution in [2.45, 2.75) is 13.8 Å². The molecule has 0 bridgehead atoms. The third-order valence-electron chi connectivity index (χ3n) is 3.12. The minimum absolute atomic E-state index is 0.0189. The van der Waals surface area contributed by atoms with E-state index in [1.807, 2.05) is 45.2 Å². The molecule has 0 saturated heterocycles. The molecule has 0 aliphatic heterocycles. The number of nitrogens with two attached hydrogens (primary N) is 1. The van der Waals surface area contributed by atoms with Crippen LogP contribution in [-0.4, -0.2) is 18.6 Å². The summed E-state index contributed by atoms with van der Waals surface area (Å²) in [6.07, 6.45) is 0. The van der Waals surface area contributed by atoms with Crippen LogP contribution >= 0.6 is 0 Å². The Balaban J connectivity index is 2.52. The fourth-order valence-corrected chi connectivity index (χ4v) is 2.22. The second-order valence-corrected chi connectivity index (χ2v) is 4.97. The lowest BCUT2D eigenvalue weighted by atomic mass is 10.1. The normalized spacial score (nSPS) is 12.1. The van der Waals surface area contributed by atoms with E-state index in [9.17, 15) is 0 Å². The molecule has 0 radical (unpaired) electrons. The second-order valence-electron chi connectivity index (χ2n) is 4.97. The number of hydrogen-bond acceptors (Lipinski definition) is 4. The lowest BCUT2D eigenvalue weighted by Gasteiger charge is -2.22. The highest BCUT2D eigenvalue weighted by Crippen LogP contribution is 2.28. The van der Waals surface area contributed by atoms with Crippen molar-refractivity contribution in [1.82, 2.24) is 4.98 Å². The van der Waals surface area contributed by atoms with E-state index in [0.29, 0.717) is 6.54 Å². The van der Waals surface area contributed by atoms with E-state index in [-0.39, 0.29) is 5.92 Å². The van der Waals surface area contributed by atoms with E-state index in [2.05, 4.69) is 16.0 Å². The Bertz CT molecular complexity index is 642. The highest BCUT2D eigenvalue weighted by atomic mass is 15.1. The van der Waals surface area contributed by atoms with Gasteiger partial charge in [-0.15, -0.1) is 0 Å². The van der Waals surface area contributed by atoms with Crippen LogP contribution in [0.5, 0.6) is 0 Å². The summed E-state index contributed by atoms with van der Waals surface area (Å²) in [6.45, 7) is 4.58. The van der Waals surface area contributed by atoms with Crippen molar-refractivity contribution in [3.63, 3.8) is 0 Å². The molecule has 1 aromatic heterocycles. The average Bonchev–Trinajstić information content (AvgIpc) is 2.38. The molecule has 0 amide bonds. The van der Waals surface area contributed by atoms with Crippen LogP contribution in [0, 0.1) is 24.2 Å². The summed E-state index contributed by atoms with van der Waals surface area (Å²) < 4.78 is 0. The van der Waals surface area contributed by atoms with Gasteiger partial charge >= 0.3 is 0 Å². The minimum Gasteiger partial charge on any atom is -0.399 e. The van der Waals surface area contributed by atoms with Gasteiger partial charge in [0.2, 0.25) is 0 Å². The fraction of sp³-hybridized carbons (Fsp3) is 0.333. The second kappa shape index (κ2) is 5.15. The highest BCUT2D eigenvalue weighted by molar-refractivity contribution is 5.93. The van der Waals surface area contributed by atoms with Crippen LogP contribution in [0.4, 0.5) is 11.4 Å². The van der Waals surface area contributed by atoms with Crippen LogP contribution in [0.2, 0.25) is 0 Å². The number of rotatable bonds is 3. The molecule has 98 valence electrons. The number of pyridine rings is 1. The van der Waals surface area contributed by atoms with Crippen molar-refractivity contribution in [1.29, 1.82) is 5.26 Å². The molecule has 2 rings (SSSR count). The maximum atomic E-state index is 8.93. The van der Waals surface area contributed by atoms with Crippen LogP contribution in [-0.2, 0) is 0 Å². The predicted molar refractivity (Wildman–Crippen MR) is 78.9 cm³/mol. The van der Waals surface area contributed by atoms with Gasteiger partial charge in [-0.05, 0) is 38.1 Å². The maximum absolute atomic E-state index is 8.93. The Hall–Kier alpha value is -2.28. The predicted octanol–water partition coefficient (Wildman–Crippen LogP) is 2.72. The van der Waals surface area contributed by atoms with E-state index in [0.717, 1.165) is 28.0 Å². The van der Waals surface area contributed by atoms with E-state index in [4.69, 9.17) is 11.0 Å². The molecular weight excluding hydrogens is 236 g/mol. The van der Waals surface area contributed by atoms with Crippen LogP contribution in [0.15, 0.2) is 24.3 Å². The molecule has 0 aliphatic rings. The zero-order valence-corrected chi connectivity index (χ0v) is 11.5. The van der Waals surface area contributed by atoms with Gasteiger partial charge in [0.25, 0.3) is 0 Å². The molecule has 1 unspecified atom stereocenters. The summed E-state index contributed by atoms with van der Waals surface area (Å²) >= 11 is 0. The molecule has 1 aromatic carbocycles. The van der Waals surface area contributed by atoms with Gasteiger partial charge in [0.1, 0.15) is 0 Å². The van der Waals surface area contributed by atoms with Crippen LogP contribution in [0.1, 0.15) is 12.6 Å². The van der Waals surface area contributed by atoms with E-state index in [1.165, 1.54) is 0 Å². The zero-order valence-electron chi connectivity index (χ0n) is 11.5. The summed E-state index contributed by atoms with van der Waals surface area (Å²) in [5.41, 5.74) is 9.54. The van der Waals surface area contributed by atoms with Crippen molar-refractivity contribution in [3.8, 4) is 6.07 Å². The number of aromatic nitrogens is 1. The number of fused-ring (bicyclic) bond motifs is 1. The van der Waals surface area contributed by atoms with Crippen LogP contribution in [0.3, 0.4) is 0 Å². The number of anilines is 2. The molecule has 4 nitrogen and oxygen atoms in total. The lowest BCUT2D eigenvalue weighted by molar-refractivity contribution is 0.717. The van der Waals surface area contributed by atoms with Crippen molar-refractivity contribution in [2.24, 2.45) is 5.92 Å². The molecule has 0 saturated carbocycles. The van der Waals surface area contributed by atoms with Crippen molar-refractivity contribution in [2.75, 3.05) is 24.2 Å². The first-order valence-corrected chi connectivity index (χ1v) is 6.29. The Morgan fingerprint density at radius 1 is 1.42 bits per heavy atom. The standard InChI is InChI=1S/C15H18N4/c1-10(8-16)9-19(3)15-6-11(2)18-14-5-4-12(17)7-13(14)15/h4-7,10H,9,17H2,1-3H3. The average molecular weight is 254 g/mol. The first-order chi connectivity index (χ1) is 9.01. The van der Waals surface area contributed by atoms with E-state index >= 15 is 0 Å². The van der Waals surface area contributed by atoms with Crippen molar-refractivity contribution < 1.29 is 0 Å². The number of nitrogens with zero attached hydrogens (tertiary/aromatic N) is 3. The third-order valence-corrected chi connectivity index (χ3v) is 3.12. The number of nitrogen functional groups attached to an aromatic ring is 1. The van der Waals surface area contributed by atoms with Crippen LogP contribution in [0.25, 0.3) is 10.9 Å². The van der Waals surface area contributed by atoms with Crippen molar-refractivity contribution in [3.05, 3.63) is 30.0 Å². The number of benzene rings is 1. The number of aryl methyl sites for hydroxylation is 1. The molecule has 0 fully saturated rings. The van der Waals surface area contributed by atoms with Gasteiger partial charge < -0.3 is 10.6 Å². The summed E-state index contributed by atoms with van der Waals surface area (Å²) in [6, 6.07) is 10.0. The van der Waals surface area contributed by atoms with Gasteiger partial charge in [-0.2, -0.15) is 5.26 Å². The molecule has 1 heterocycles. The van der Waals surface area contributed by atoms with E-state index in [1.54, 1.807) is 0 Å². The third kappa shape index (κ3) is 2.76. The molecular formula is C15H18N4. The topological polar surface area (TPSA) is 65.9 Å². The quantitative estimate of drug-likeness (QED) is 0.855. The highest BCUT2D eigenvalue weighted by Gasteiger charge is 2.11. The zero-order chi connectivity index (χ0) is 14.0. The minimum atomic E-state index is -0.0189. The number of nitriles is 1. The summed E-state index contributed by atoms with van der Waals surface area (Å²) in [7, 11) is 1.99. The van der Waals surface area contributed by atoms with Gasteiger partial charge in [-0.1, -0.05) is 0 Å². The van der Waals surface area contributed by atoms with Gasteiger partial charge in [0, 0.05) is 36.0 Å². The molecule has 0 aliphatic carbocycles. The maximum Gasteiger partial charge on any atom is 0.0727 e. The molecule has 2 aromatic rings. The Morgan fingerprint density at radius 3 is 2.84 bits per heavy atom. The first kappa shape index (κ1) is 13.2. The van der Waals surface area contributed by atoms with Crippen molar-refractivity contribution >= 4 is 22.3 Å². The largest absolute Gasteiger partial charge is 0.399 e. The Morgan fingerprint density at radius 2 is 2.16 bits per heavy atom. The Labute approximate surface area is 113 Å². The summed E-state index contributed by atoms with van der Waals surface area (Å²) in [4.78, 5) is 6.60. The summed E-state index contributed by atoms with van der Waals surface area (Å²) in [5, 5.41) is 9.96. The van der Waals surface area contributed by atoms with Gasteiger partial charge in [-0.3, -0.25) is 4.98 Å². The van der Waals surface area contributed by atoms with Crippen LogP contribution < -0.4 is 10.6 Å². The summed E-state index contributed by atoms with van der Waals surface area (Å²) in [5.74, 6) is -0.0189. The molecule has 0 spiro atoms. The van der Waals surface area contributed by atoms with Gasteiger partial charge in [0.15, 0.2) is 0 Å². The molecule has 2 N–H and O–H groups in total. The SMILES string of the molecule is Cc1cc(N(C)CC(C)C#N)c2cc(N)ccc2n1. The molecule has 1 atom stereocenters. The Kier molecular flexibility index (Phi) is 3.57. The first-order valence-electron chi connectivity index (χ1n) is 6.29. The van der Waals surface area contributed by atoms with E-state index < -0.39 is 0 Å². The smallest absolute Gasteiger partial charge is 0.0727 e. The van der Waals surface area contributed by atoms with Gasteiger partial charge in [0.05, 0.1) is 17.5 Å². The lowest BCUT2D eigenvalue weighted by Crippen LogP contribution is -2.23. The monoisotopic (exact) mass is 254 g/mol. The van der Waals surface area contributed by atoms with Gasteiger partial charge in [-0.25, -0.2) is 0 Å². The fourth-order valence-electron chi connectivity index (χ4n) is 2.22. The molecule has 4 heteroatoms. The number of hydrogen-bond donors (Lipinski definition) is 1.